The van der Waals surface area contributed by atoms with Gasteiger partial charge in [-0.25, -0.2) is 0 Å². The van der Waals surface area contributed by atoms with Crippen LogP contribution >= 0.6 is 0 Å². The van der Waals surface area contributed by atoms with Gasteiger partial charge in [0.25, 0.3) is 0 Å². The lowest BCUT2D eigenvalue weighted by atomic mass is 10.1. The van der Waals surface area contributed by atoms with Crippen LogP contribution in [0.3, 0.4) is 0 Å². The quantitative estimate of drug-likeness (QED) is 0.616. The van der Waals surface area contributed by atoms with Crippen molar-refractivity contribution in [3.05, 3.63) is 0 Å². The Morgan fingerprint density at radius 1 is 1.15 bits per heavy atom. The number of nitrogens with one attached hydrogen (secondary N) is 1. The van der Waals surface area contributed by atoms with Crippen LogP contribution in [0.1, 0.15) is 13.3 Å². The van der Waals surface area contributed by atoms with E-state index in [0.29, 0.717) is 6.04 Å². The summed E-state index contributed by atoms with van der Waals surface area (Å²) in [6.45, 7) is 8.51. The monoisotopic (exact) mass is 183 g/mol. The highest BCUT2D eigenvalue weighted by atomic mass is 15.3. The lowest BCUT2D eigenvalue weighted by Crippen LogP contribution is -2.51. The second kappa shape index (κ2) is 3.95. The Labute approximate surface area is 81.1 Å². The van der Waals surface area contributed by atoms with Gasteiger partial charge in [0.2, 0.25) is 0 Å². The first kappa shape index (κ1) is 9.44. The largest absolute Gasteiger partial charge is 0.313 e. The van der Waals surface area contributed by atoms with Crippen molar-refractivity contribution in [1.82, 2.24) is 15.1 Å². The maximum absolute atomic E-state index is 3.52. The molecule has 2 aliphatic heterocycles. The van der Waals surface area contributed by atoms with E-state index in [1.807, 2.05) is 0 Å². The molecule has 2 aliphatic rings. The average Bonchev–Trinajstić information content (AvgIpc) is 2.53. The number of likely N-dealkylation sites (N-methyl/N-ethyl adjacent to an activating group) is 1. The summed E-state index contributed by atoms with van der Waals surface area (Å²) in [5.74, 6) is 0. The molecule has 2 fully saturated rings. The molecule has 76 valence electrons. The third kappa shape index (κ3) is 2.03. The van der Waals surface area contributed by atoms with Gasteiger partial charge in [0.05, 0.1) is 0 Å². The van der Waals surface area contributed by atoms with E-state index in [9.17, 15) is 0 Å². The molecule has 0 radical (unpaired) electrons. The Bertz CT molecular complexity index is 164. The summed E-state index contributed by atoms with van der Waals surface area (Å²) < 4.78 is 0. The van der Waals surface area contributed by atoms with Gasteiger partial charge in [-0.1, -0.05) is 0 Å². The van der Waals surface area contributed by atoms with Gasteiger partial charge in [-0.05, 0) is 26.9 Å². The molecule has 2 saturated heterocycles. The molecule has 3 heteroatoms. The van der Waals surface area contributed by atoms with Crippen LogP contribution in [-0.4, -0.2) is 61.7 Å². The van der Waals surface area contributed by atoms with E-state index in [1.54, 1.807) is 0 Å². The summed E-state index contributed by atoms with van der Waals surface area (Å²) >= 11 is 0. The van der Waals surface area contributed by atoms with Crippen LogP contribution < -0.4 is 5.32 Å². The molecule has 2 rings (SSSR count). The number of hydrogen-bond acceptors (Lipinski definition) is 3. The summed E-state index contributed by atoms with van der Waals surface area (Å²) in [5.41, 5.74) is 0. The Balaban J connectivity index is 1.86. The molecule has 0 aromatic heterocycles. The van der Waals surface area contributed by atoms with Crippen molar-refractivity contribution in [3.63, 3.8) is 0 Å². The maximum Gasteiger partial charge on any atom is 0.0259 e. The summed E-state index contributed by atoms with van der Waals surface area (Å²) in [7, 11) is 2.22. The van der Waals surface area contributed by atoms with Crippen molar-refractivity contribution in [3.8, 4) is 0 Å². The molecule has 1 N–H and O–H groups in total. The zero-order valence-corrected chi connectivity index (χ0v) is 8.79. The molecular weight excluding hydrogens is 162 g/mol. The minimum absolute atomic E-state index is 0.698. The van der Waals surface area contributed by atoms with Gasteiger partial charge < -0.3 is 10.2 Å². The van der Waals surface area contributed by atoms with Gasteiger partial charge in [-0.3, -0.25) is 4.90 Å². The summed E-state index contributed by atoms with van der Waals surface area (Å²) in [6.07, 6.45) is 1.34. The molecular formula is C10H21N3. The van der Waals surface area contributed by atoms with E-state index >= 15 is 0 Å². The molecule has 13 heavy (non-hydrogen) atoms. The molecule has 0 saturated carbocycles. The van der Waals surface area contributed by atoms with Crippen LogP contribution in [0.25, 0.3) is 0 Å². The van der Waals surface area contributed by atoms with Crippen molar-refractivity contribution in [1.29, 1.82) is 0 Å². The third-order valence-corrected chi connectivity index (χ3v) is 3.49. The van der Waals surface area contributed by atoms with E-state index in [-0.39, 0.29) is 0 Å². The van der Waals surface area contributed by atoms with Crippen molar-refractivity contribution in [2.24, 2.45) is 0 Å². The average molecular weight is 183 g/mol. The standard InChI is InChI=1S/C10H21N3/c1-9-10(3-4-11-9)13-7-5-12(2)6-8-13/h9-11H,3-8H2,1-2H3/t9-,10-/m1/s1. The van der Waals surface area contributed by atoms with Crippen LogP contribution in [0.4, 0.5) is 0 Å². The lowest BCUT2D eigenvalue weighted by molar-refractivity contribution is 0.107. The van der Waals surface area contributed by atoms with Crippen molar-refractivity contribution in [2.75, 3.05) is 39.8 Å². The molecule has 0 bridgehead atoms. The Kier molecular flexibility index (Phi) is 2.86. The van der Waals surface area contributed by atoms with Crippen LogP contribution in [0.2, 0.25) is 0 Å². The molecule has 3 nitrogen and oxygen atoms in total. The van der Waals surface area contributed by atoms with Crippen molar-refractivity contribution < 1.29 is 0 Å². The summed E-state index contributed by atoms with van der Waals surface area (Å²) in [4.78, 5) is 5.08. The molecule has 2 atom stereocenters. The Morgan fingerprint density at radius 3 is 2.38 bits per heavy atom. The second-order valence-electron chi connectivity index (χ2n) is 4.44. The second-order valence-corrected chi connectivity index (χ2v) is 4.44. The molecule has 0 aromatic rings. The van der Waals surface area contributed by atoms with Gasteiger partial charge in [-0.2, -0.15) is 0 Å². The van der Waals surface area contributed by atoms with Gasteiger partial charge >= 0.3 is 0 Å². The molecule has 0 unspecified atom stereocenters. The predicted octanol–water partition coefficient (Wildman–Crippen LogP) is -0.0158. The SMILES string of the molecule is C[C@H]1NCC[C@H]1N1CCN(C)CC1. The van der Waals surface area contributed by atoms with Crippen LogP contribution in [0.15, 0.2) is 0 Å². The number of hydrogen-bond donors (Lipinski definition) is 1. The highest BCUT2D eigenvalue weighted by Crippen LogP contribution is 2.16. The fourth-order valence-corrected chi connectivity index (χ4v) is 2.50. The van der Waals surface area contributed by atoms with Crippen LogP contribution in [-0.2, 0) is 0 Å². The zero-order valence-electron chi connectivity index (χ0n) is 8.79. The Morgan fingerprint density at radius 2 is 1.85 bits per heavy atom. The first-order chi connectivity index (χ1) is 6.27. The lowest BCUT2D eigenvalue weighted by Gasteiger charge is -2.37. The van der Waals surface area contributed by atoms with Crippen molar-refractivity contribution in [2.45, 2.75) is 25.4 Å². The van der Waals surface area contributed by atoms with E-state index in [0.717, 1.165) is 6.04 Å². The van der Waals surface area contributed by atoms with E-state index in [4.69, 9.17) is 0 Å². The Hall–Kier alpha value is -0.120. The van der Waals surface area contributed by atoms with Gasteiger partial charge in [0.1, 0.15) is 0 Å². The maximum atomic E-state index is 3.52. The third-order valence-electron chi connectivity index (χ3n) is 3.49. The molecule has 0 aromatic carbocycles. The van der Waals surface area contributed by atoms with Crippen molar-refractivity contribution >= 4 is 0 Å². The number of piperazine rings is 1. The van der Waals surface area contributed by atoms with Crippen LogP contribution in [0.5, 0.6) is 0 Å². The predicted molar refractivity (Wildman–Crippen MR) is 54.9 cm³/mol. The first-order valence-electron chi connectivity index (χ1n) is 5.43. The molecule has 0 spiro atoms. The molecule has 0 amide bonds. The highest BCUT2D eigenvalue weighted by Gasteiger charge is 2.29. The molecule has 2 heterocycles. The topological polar surface area (TPSA) is 18.5 Å². The fourth-order valence-electron chi connectivity index (χ4n) is 2.50. The minimum atomic E-state index is 0.698. The fraction of sp³-hybridized carbons (Fsp3) is 1.00. The zero-order chi connectivity index (χ0) is 9.26. The van der Waals surface area contributed by atoms with E-state index in [2.05, 4.69) is 29.1 Å². The van der Waals surface area contributed by atoms with Crippen LogP contribution in [0, 0.1) is 0 Å². The molecule has 0 aliphatic carbocycles. The van der Waals surface area contributed by atoms with Gasteiger partial charge in [0, 0.05) is 38.3 Å². The normalized spacial score (nSPS) is 38.3. The van der Waals surface area contributed by atoms with E-state index < -0.39 is 0 Å². The van der Waals surface area contributed by atoms with Gasteiger partial charge in [-0.15, -0.1) is 0 Å². The number of rotatable bonds is 1. The van der Waals surface area contributed by atoms with Gasteiger partial charge in [0.15, 0.2) is 0 Å². The summed E-state index contributed by atoms with van der Waals surface area (Å²) in [6, 6.07) is 1.50. The highest BCUT2D eigenvalue weighted by molar-refractivity contribution is 4.89. The number of nitrogens with zero attached hydrogens (tertiary/aromatic N) is 2. The minimum Gasteiger partial charge on any atom is -0.313 e. The summed E-state index contributed by atoms with van der Waals surface area (Å²) in [5, 5.41) is 3.52. The smallest absolute Gasteiger partial charge is 0.0259 e. The first-order valence-corrected chi connectivity index (χ1v) is 5.43. The van der Waals surface area contributed by atoms with E-state index in [1.165, 1.54) is 39.1 Å².